The van der Waals surface area contributed by atoms with E-state index in [1.54, 1.807) is 47.9 Å². The smallest absolute Gasteiger partial charge is 0.261 e. The first kappa shape index (κ1) is 16.0. The van der Waals surface area contributed by atoms with Crippen LogP contribution in [0.5, 0.6) is 0 Å². The number of hydrogen-bond acceptors (Lipinski definition) is 4. The number of para-hydroxylation sites is 1. The molecule has 2 rings (SSSR count). The van der Waals surface area contributed by atoms with Crippen molar-refractivity contribution in [3.63, 3.8) is 0 Å². The van der Waals surface area contributed by atoms with Crippen LogP contribution in [-0.4, -0.2) is 19.5 Å². The van der Waals surface area contributed by atoms with Crippen LogP contribution in [0.2, 0.25) is 0 Å². The van der Waals surface area contributed by atoms with Crippen molar-refractivity contribution < 1.29 is 18.4 Å². The number of carbonyl (C=O) groups excluding carboxylic acids is 1. The third-order valence-electron chi connectivity index (χ3n) is 3.06. The molecule has 6 nitrogen and oxygen atoms in total. The fraction of sp³-hybridized carbons (Fsp3) is 0.133. The zero-order chi connectivity index (χ0) is 16.0. The van der Waals surface area contributed by atoms with Gasteiger partial charge in [-0.1, -0.05) is 36.4 Å². The fourth-order valence-corrected chi connectivity index (χ4v) is 3.07. The van der Waals surface area contributed by atoms with Crippen LogP contribution in [0.25, 0.3) is 0 Å². The molecule has 0 saturated heterocycles. The van der Waals surface area contributed by atoms with Gasteiger partial charge in [-0.15, -0.1) is 0 Å². The van der Waals surface area contributed by atoms with Gasteiger partial charge in [0.15, 0.2) is 0 Å². The standard InChI is InChI=1S/C15H16N2O4S/c18-15(16-19)11-10-12-6-4-5-9-14(12)17-22(20,21)13-7-2-1-3-8-13/h1-9,17,19H,10-11H2,(H,16,18). The van der Waals surface area contributed by atoms with E-state index in [4.69, 9.17) is 5.21 Å². The summed E-state index contributed by atoms with van der Waals surface area (Å²) in [6, 6.07) is 14.9. The molecule has 0 aliphatic carbocycles. The highest BCUT2D eigenvalue weighted by Gasteiger charge is 2.15. The van der Waals surface area contributed by atoms with Gasteiger partial charge in [-0.3, -0.25) is 14.7 Å². The van der Waals surface area contributed by atoms with Crippen molar-refractivity contribution in [2.24, 2.45) is 0 Å². The summed E-state index contributed by atoms with van der Waals surface area (Å²) in [4.78, 5) is 11.3. The first-order valence-corrected chi connectivity index (χ1v) is 8.10. The van der Waals surface area contributed by atoms with Crippen LogP contribution in [0.15, 0.2) is 59.5 Å². The number of carbonyl (C=O) groups is 1. The number of hydroxylamine groups is 1. The Morgan fingerprint density at radius 2 is 1.64 bits per heavy atom. The number of benzene rings is 2. The van der Waals surface area contributed by atoms with Gasteiger partial charge in [0.1, 0.15) is 0 Å². The molecular weight excluding hydrogens is 304 g/mol. The van der Waals surface area contributed by atoms with E-state index in [9.17, 15) is 13.2 Å². The molecule has 0 saturated carbocycles. The van der Waals surface area contributed by atoms with Crippen LogP contribution in [-0.2, 0) is 21.2 Å². The molecule has 0 spiro atoms. The van der Waals surface area contributed by atoms with E-state index >= 15 is 0 Å². The molecule has 116 valence electrons. The number of hydrogen-bond donors (Lipinski definition) is 3. The summed E-state index contributed by atoms with van der Waals surface area (Å²) in [6.07, 6.45) is 0.362. The molecular formula is C15H16N2O4S. The number of sulfonamides is 1. The van der Waals surface area contributed by atoms with Crippen molar-refractivity contribution in [2.45, 2.75) is 17.7 Å². The van der Waals surface area contributed by atoms with E-state index in [0.717, 1.165) is 0 Å². The maximum atomic E-state index is 12.3. The van der Waals surface area contributed by atoms with Gasteiger partial charge in [-0.25, -0.2) is 13.9 Å². The third kappa shape index (κ3) is 4.06. The number of amides is 1. The van der Waals surface area contributed by atoms with Crippen LogP contribution in [0.3, 0.4) is 0 Å². The molecule has 0 aliphatic heterocycles. The zero-order valence-electron chi connectivity index (χ0n) is 11.7. The predicted octanol–water partition coefficient (Wildman–Crippen LogP) is 1.93. The molecule has 0 aliphatic rings. The Bertz CT molecular complexity index is 745. The van der Waals surface area contributed by atoms with Crippen LogP contribution in [0, 0.1) is 0 Å². The third-order valence-corrected chi connectivity index (χ3v) is 4.44. The molecule has 0 atom stereocenters. The Hall–Kier alpha value is -2.38. The van der Waals surface area contributed by atoms with Crippen LogP contribution >= 0.6 is 0 Å². The highest BCUT2D eigenvalue weighted by atomic mass is 32.2. The van der Waals surface area contributed by atoms with Crippen LogP contribution in [0.1, 0.15) is 12.0 Å². The average molecular weight is 320 g/mol. The number of rotatable bonds is 6. The Morgan fingerprint density at radius 1 is 1.00 bits per heavy atom. The number of nitrogens with one attached hydrogen (secondary N) is 2. The van der Waals surface area contributed by atoms with Crippen molar-refractivity contribution in [3.8, 4) is 0 Å². The van der Waals surface area contributed by atoms with E-state index in [2.05, 4.69) is 4.72 Å². The summed E-state index contributed by atoms with van der Waals surface area (Å²) in [6.45, 7) is 0. The Kier molecular flexibility index (Phi) is 5.13. The summed E-state index contributed by atoms with van der Waals surface area (Å²) < 4.78 is 27.2. The zero-order valence-corrected chi connectivity index (χ0v) is 12.5. The normalized spacial score (nSPS) is 11.0. The Balaban J connectivity index is 2.21. The van der Waals surface area contributed by atoms with Crippen molar-refractivity contribution in [2.75, 3.05) is 4.72 Å². The van der Waals surface area contributed by atoms with E-state index in [0.29, 0.717) is 17.7 Å². The SMILES string of the molecule is O=C(CCc1ccccc1NS(=O)(=O)c1ccccc1)NO. The van der Waals surface area contributed by atoms with Gasteiger partial charge in [0, 0.05) is 6.42 Å². The molecule has 2 aromatic rings. The second kappa shape index (κ2) is 7.06. The first-order chi connectivity index (χ1) is 10.5. The lowest BCUT2D eigenvalue weighted by Gasteiger charge is -2.12. The van der Waals surface area contributed by atoms with Crippen molar-refractivity contribution >= 4 is 21.6 Å². The summed E-state index contributed by atoms with van der Waals surface area (Å²) in [5.74, 6) is -0.527. The van der Waals surface area contributed by atoms with E-state index < -0.39 is 15.9 Å². The fourth-order valence-electron chi connectivity index (χ4n) is 1.95. The van der Waals surface area contributed by atoms with Crippen LogP contribution in [0.4, 0.5) is 5.69 Å². The second-order valence-corrected chi connectivity index (χ2v) is 6.29. The quantitative estimate of drug-likeness (QED) is 0.560. The molecule has 22 heavy (non-hydrogen) atoms. The molecule has 0 heterocycles. The van der Waals surface area contributed by atoms with Crippen molar-refractivity contribution in [3.05, 3.63) is 60.2 Å². The highest BCUT2D eigenvalue weighted by molar-refractivity contribution is 7.92. The van der Waals surface area contributed by atoms with Crippen LogP contribution < -0.4 is 10.2 Å². The topological polar surface area (TPSA) is 95.5 Å². The average Bonchev–Trinajstić information content (AvgIpc) is 2.54. The van der Waals surface area contributed by atoms with Gasteiger partial charge in [-0.2, -0.15) is 0 Å². The van der Waals surface area contributed by atoms with Crippen molar-refractivity contribution in [1.82, 2.24) is 5.48 Å². The summed E-state index contributed by atoms with van der Waals surface area (Å²) in [7, 11) is -3.68. The second-order valence-electron chi connectivity index (χ2n) is 4.61. The largest absolute Gasteiger partial charge is 0.289 e. The minimum atomic E-state index is -3.68. The van der Waals surface area contributed by atoms with Gasteiger partial charge in [0.2, 0.25) is 5.91 Å². The summed E-state index contributed by atoms with van der Waals surface area (Å²) >= 11 is 0. The lowest BCUT2D eigenvalue weighted by Crippen LogP contribution is -2.19. The molecule has 0 bridgehead atoms. The summed E-state index contributed by atoms with van der Waals surface area (Å²) in [5, 5.41) is 8.51. The van der Waals surface area contributed by atoms with Gasteiger partial charge >= 0.3 is 0 Å². The summed E-state index contributed by atoms with van der Waals surface area (Å²) in [5.41, 5.74) is 2.64. The molecule has 0 fully saturated rings. The maximum absolute atomic E-state index is 12.3. The Labute approximate surface area is 128 Å². The van der Waals surface area contributed by atoms with E-state index in [1.807, 2.05) is 0 Å². The minimum absolute atomic E-state index is 0.0561. The molecule has 1 amide bonds. The molecule has 0 radical (unpaired) electrons. The lowest BCUT2D eigenvalue weighted by molar-refractivity contribution is -0.129. The Morgan fingerprint density at radius 3 is 2.32 bits per heavy atom. The predicted molar refractivity (Wildman–Crippen MR) is 81.9 cm³/mol. The maximum Gasteiger partial charge on any atom is 0.261 e. The number of aryl methyl sites for hydroxylation is 1. The van der Waals surface area contributed by atoms with Gasteiger partial charge in [-0.05, 0) is 30.2 Å². The molecule has 2 aromatic carbocycles. The highest BCUT2D eigenvalue weighted by Crippen LogP contribution is 2.21. The monoisotopic (exact) mass is 320 g/mol. The number of anilines is 1. The van der Waals surface area contributed by atoms with Crippen molar-refractivity contribution in [1.29, 1.82) is 0 Å². The van der Waals surface area contributed by atoms with Gasteiger partial charge in [0.25, 0.3) is 10.0 Å². The molecule has 7 heteroatoms. The van der Waals surface area contributed by atoms with E-state index in [1.165, 1.54) is 12.1 Å². The lowest BCUT2D eigenvalue weighted by atomic mass is 10.1. The molecule has 0 aromatic heterocycles. The van der Waals surface area contributed by atoms with Gasteiger partial charge < -0.3 is 0 Å². The molecule has 3 N–H and O–H groups in total. The molecule has 0 unspecified atom stereocenters. The van der Waals surface area contributed by atoms with E-state index in [-0.39, 0.29) is 11.3 Å². The first-order valence-electron chi connectivity index (χ1n) is 6.61. The minimum Gasteiger partial charge on any atom is -0.289 e. The van der Waals surface area contributed by atoms with Gasteiger partial charge in [0.05, 0.1) is 10.6 Å².